The smallest absolute Gasteiger partial charge is 0.0807 e. The molecular weight excluding hydrogens is 238 g/mol. The maximum absolute atomic E-state index is 10.1. The number of nitrogens with zero attached hydrogens (tertiary/aromatic N) is 3. The van der Waals surface area contributed by atoms with Crippen molar-refractivity contribution in [3.8, 4) is 0 Å². The van der Waals surface area contributed by atoms with E-state index in [9.17, 15) is 5.11 Å². The predicted molar refractivity (Wildman–Crippen MR) is 77.0 cm³/mol. The lowest BCUT2D eigenvalue weighted by Gasteiger charge is -2.23. The fraction of sp³-hybridized carbons (Fsp3) is 0.400. The molecule has 0 fully saturated rings. The maximum atomic E-state index is 10.1. The van der Waals surface area contributed by atoms with Crippen LogP contribution in [0.5, 0.6) is 0 Å². The van der Waals surface area contributed by atoms with E-state index in [1.54, 1.807) is 4.68 Å². The van der Waals surface area contributed by atoms with Crippen molar-refractivity contribution in [2.24, 2.45) is 7.05 Å². The van der Waals surface area contributed by atoms with E-state index in [0.717, 1.165) is 29.8 Å². The van der Waals surface area contributed by atoms with Gasteiger partial charge in [0.2, 0.25) is 0 Å². The van der Waals surface area contributed by atoms with E-state index in [1.807, 2.05) is 57.7 Å². The Morgan fingerprint density at radius 3 is 2.74 bits per heavy atom. The Hall–Kier alpha value is -1.81. The monoisotopic (exact) mass is 259 g/mol. The third-order valence-corrected chi connectivity index (χ3v) is 3.27. The van der Waals surface area contributed by atoms with E-state index >= 15 is 0 Å². The minimum absolute atomic E-state index is 0.410. The molecule has 1 N–H and O–H groups in total. The highest BCUT2D eigenvalue weighted by Crippen LogP contribution is 2.28. The van der Waals surface area contributed by atoms with Gasteiger partial charge >= 0.3 is 0 Å². The molecule has 0 amide bonds. The van der Waals surface area contributed by atoms with Crippen LogP contribution in [-0.4, -0.2) is 21.9 Å². The number of rotatable bonds is 5. The molecule has 0 aliphatic rings. The van der Waals surface area contributed by atoms with Crippen LogP contribution in [-0.2, 0) is 13.6 Å². The van der Waals surface area contributed by atoms with E-state index in [4.69, 9.17) is 0 Å². The highest BCUT2D eigenvalue weighted by atomic mass is 16.3. The summed E-state index contributed by atoms with van der Waals surface area (Å²) in [5.41, 5.74) is 3.21. The van der Waals surface area contributed by atoms with Crippen LogP contribution < -0.4 is 4.90 Å². The zero-order valence-corrected chi connectivity index (χ0v) is 11.7. The molecule has 0 aliphatic carbocycles. The molecule has 1 atom stereocenters. The standard InChI is InChI=1S/C15H21N3O/c1-4-15(19)13-7-5-6-8-14(13)17(2)10-12-9-16-18(3)11-12/h5-9,11,15,19H,4,10H2,1-3H3/t15-/m0/s1. The van der Waals surface area contributed by atoms with Gasteiger partial charge in [-0.1, -0.05) is 25.1 Å². The molecule has 0 radical (unpaired) electrons. The molecular formula is C15H21N3O. The molecule has 2 rings (SSSR count). The highest BCUT2D eigenvalue weighted by Gasteiger charge is 2.13. The second kappa shape index (κ2) is 5.89. The normalized spacial score (nSPS) is 12.4. The Morgan fingerprint density at radius 1 is 1.37 bits per heavy atom. The summed E-state index contributed by atoms with van der Waals surface area (Å²) >= 11 is 0. The third-order valence-electron chi connectivity index (χ3n) is 3.27. The molecule has 1 heterocycles. The van der Waals surface area contributed by atoms with Crippen molar-refractivity contribution in [1.29, 1.82) is 0 Å². The molecule has 0 bridgehead atoms. The number of hydrogen-bond acceptors (Lipinski definition) is 3. The Bertz CT molecular complexity index is 536. The number of para-hydroxylation sites is 1. The van der Waals surface area contributed by atoms with E-state index < -0.39 is 6.10 Å². The fourth-order valence-corrected chi connectivity index (χ4v) is 2.25. The Kier molecular flexibility index (Phi) is 4.22. The predicted octanol–water partition coefficient (Wildman–Crippen LogP) is 2.50. The summed E-state index contributed by atoms with van der Waals surface area (Å²) in [6.07, 6.45) is 4.19. The van der Waals surface area contributed by atoms with Crippen molar-refractivity contribution < 1.29 is 5.11 Å². The zero-order valence-electron chi connectivity index (χ0n) is 11.7. The van der Waals surface area contributed by atoms with Gasteiger partial charge in [-0.3, -0.25) is 4.68 Å². The second-order valence-corrected chi connectivity index (χ2v) is 4.86. The van der Waals surface area contributed by atoms with Crippen molar-refractivity contribution >= 4 is 5.69 Å². The lowest BCUT2D eigenvalue weighted by molar-refractivity contribution is 0.174. The van der Waals surface area contributed by atoms with Crippen molar-refractivity contribution in [1.82, 2.24) is 9.78 Å². The summed E-state index contributed by atoms with van der Waals surface area (Å²) in [5, 5.41) is 14.3. The quantitative estimate of drug-likeness (QED) is 0.897. The van der Waals surface area contributed by atoms with Crippen molar-refractivity contribution in [3.63, 3.8) is 0 Å². The second-order valence-electron chi connectivity index (χ2n) is 4.86. The molecule has 0 spiro atoms. The van der Waals surface area contributed by atoms with E-state index in [1.165, 1.54) is 0 Å². The largest absolute Gasteiger partial charge is 0.388 e. The molecule has 0 aliphatic heterocycles. The van der Waals surface area contributed by atoms with Gasteiger partial charge in [-0.2, -0.15) is 5.10 Å². The SMILES string of the molecule is CC[C@H](O)c1ccccc1N(C)Cc1cnn(C)c1. The number of aryl methyl sites for hydroxylation is 1. The zero-order chi connectivity index (χ0) is 13.8. The van der Waals surface area contributed by atoms with Crippen LogP contribution in [0.1, 0.15) is 30.6 Å². The summed E-state index contributed by atoms with van der Waals surface area (Å²) in [4.78, 5) is 2.14. The molecule has 4 heteroatoms. The summed E-state index contributed by atoms with van der Waals surface area (Å²) in [6.45, 7) is 2.77. The van der Waals surface area contributed by atoms with Gasteiger partial charge in [0.05, 0.1) is 12.3 Å². The molecule has 1 aromatic heterocycles. The van der Waals surface area contributed by atoms with Gasteiger partial charge < -0.3 is 10.0 Å². The van der Waals surface area contributed by atoms with Gasteiger partial charge in [-0.15, -0.1) is 0 Å². The highest BCUT2D eigenvalue weighted by molar-refractivity contribution is 5.54. The topological polar surface area (TPSA) is 41.3 Å². The van der Waals surface area contributed by atoms with Gasteiger partial charge in [-0.25, -0.2) is 0 Å². The number of aliphatic hydroxyl groups is 1. The lowest BCUT2D eigenvalue weighted by atomic mass is 10.0. The summed E-state index contributed by atoms with van der Waals surface area (Å²) in [5.74, 6) is 0. The van der Waals surface area contributed by atoms with Crippen molar-refractivity contribution in [3.05, 3.63) is 47.8 Å². The molecule has 2 aromatic rings. The Labute approximate surface area is 114 Å². The first-order chi connectivity index (χ1) is 9.11. The number of aromatic nitrogens is 2. The summed E-state index contributed by atoms with van der Waals surface area (Å²) < 4.78 is 1.80. The van der Waals surface area contributed by atoms with E-state index in [2.05, 4.69) is 10.00 Å². The molecule has 4 nitrogen and oxygen atoms in total. The first-order valence-electron chi connectivity index (χ1n) is 6.57. The van der Waals surface area contributed by atoms with E-state index in [-0.39, 0.29) is 0 Å². The number of aliphatic hydroxyl groups excluding tert-OH is 1. The third kappa shape index (κ3) is 3.15. The van der Waals surface area contributed by atoms with Crippen LogP contribution in [0.4, 0.5) is 5.69 Å². The van der Waals surface area contributed by atoms with Gasteiger partial charge in [-0.05, 0) is 12.5 Å². The fourth-order valence-electron chi connectivity index (χ4n) is 2.25. The maximum Gasteiger partial charge on any atom is 0.0807 e. The summed E-state index contributed by atoms with van der Waals surface area (Å²) in [7, 11) is 3.95. The molecule has 102 valence electrons. The minimum atomic E-state index is -0.410. The molecule has 0 saturated heterocycles. The number of anilines is 1. The van der Waals surface area contributed by atoms with Gasteiger partial charge in [0, 0.05) is 43.7 Å². The Morgan fingerprint density at radius 2 is 2.11 bits per heavy atom. The van der Waals surface area contributed by atoms with Crippen LogP contribution in [0.25, 0.3) is 0 Å². The average Bonchev–Trinajstić information content (AvgIpc) is 2.83. The first-order valence-corrected chi connectivity index (χ1v) is 6.57. The summed E-state index contributed by atoms with van der Waals surface area (Å²) in [6, 6.07) is 8.00. The van der Waals surface area contributed by atoms with Crippen LogP contribution in [0.2, 0.25) is 0 Å². The minimum Gasteiger partial charge on any atom is -0.388 e. The van der Waals surface area contributed by atoms with Crippen LogP contribution in [0.15, 0.2) is 36.7 Å². The average molecular weight is 259 g/mol. The molecule has 19 heavy (non-hydrogen) atoms. The van der Waals surface area contributed by atoms with Gasteiger partial charge in [0.15, 0.2) is 0 Å². The van der Waals surface area contributed by atoms with Gasteiger partial charge in [0.1, 0.15) is 0 Å². The van der Waals surface area contributed by atoms with Crippen molar-refractivity contribution in [2.45, 2.75) is 26.0 Å². The van der Waals surface area contributed by atoms with E-state index in [0.29, 0.717) is 0 Å². The number of hydrogen-bond donors (Lipinski definition) is 1. The van der Waals surface area contributed by atoms with Crippen LogP contribution >= 0.6 is 0 Å². The lowest BCUT2D eigenvalue weighted by Crippen LogP contribution is -2.18. The Balaban J connectivity index is 2.21. The van der Waals surface area contributed by atoms with Gasteiger partial charge in [0.25, 0.3) is 0 Å². The molecule has 0 unspecified atom stereocenters. The number of benzene rings is 1. The molecule has 0 saturated carbocycles. The van der Waals surface area contributed by atoms with Crippen molar-refractivity contribution in [2.75, 3.05) is 11.9 Å². The van der Waals surface area contributed by atoms with Crippen LogP contribution in [0.3, 0.4) is 0 Å². The first kappa shape index (κ1) is 13.6. The molecule has 1 aromatic carbocycles. The van der Waals surface area contributed by atoms with Crippen LogP contribution in [0, 0.1) is 0 Å².